The number of halogens is 3. The van der Waals surface area contributed by atoms with Crippen molar-refractivity contribution in [1.82, 2.24) is 0 Å². The van der Waals surface area contributed by atoms with Crippen molar-refractivity contribution in [2.75, 3.05) is 0 Å². The van der Waals surface area contributed by atoms with E-state index < -0.39 is 0 Å². The molecule has 1 aromatic carbocycles. The zero-order chi connectivity index (χ0) is 14.9. The van der Waals surface area contributed by atoms with Gasteiger partial charge < -0.3 is 0 Å². The lowest BCUT2D eigenvalue weighted by Gasteiger charge is -2.42. The molecule has 3 unspecified atom stereocenters. The van der Waals surface area contributed by atoms with Crippen molar-refractivity contribution in [3.63, 3.8) is 0 Å². The van der Waals surface area contributed by atoms with Crippen LogP contribution in [0.25, 0.3) is 0 Å². The maximum absolute atomic E-state index is 13.4. The van der Waals surface area contributed by atoms with Crippen LogP contribution >= 0.6 is 27.5 Å². The van der Waals surface area contributed by atoms with E-state index in [-0.39, 0.29) is 11.2 Å². The van der Waals surface area contributed by atoms with Gasteiger partial charge >= 0.3 is 0 Å². The molecule has 0 spiro atoms. The molecule has 2 rings (SSSR count). The molecule has 0 N–H and O–H groups in total. The van der Waals surface area contributed by atoms with Crippen LogP contribution in [0.3, 0.4) is 0 Å². The van der Waals surface area contributed by atoms with Gasteiger partial charge in [-0.05, 0) is 60.3 Å². The number of rotatable bonds is 3. The smallest absolute Gasteiger partial charge is 0.123 e. The number of alkyl halides is 1. The summed E-state index contributed by atoms with van der Waals surface area (Å²) in [6.45, 7) is 6.88. The molecule has 20 heavy (non-hydrogen) atoms. The van der Waals surface area contributed by atoms with Gasteiger partial charge in [0.1, 0.15) is 5.82 Å². The van der Waals surface area contributed by atoms with Gasteiger partial charge in [-0.15, -0.1) is 0 Å². The van der Waals surface area contributed by atoms with E-state index in [9.17, 15) is 4.39 Å². The third-order valence-corrected chi connectivity index (χ3v) is 6.07. The molecule has 1 fully saturated rings. The van der Waals surface area contributed by atoms with Crippen molar-refractivity contribution in [2.24, 2.45) is 17.3 Å². The number of hydrogen-bond donors (Lipinski definition) is 0. The Morgan fingerprint density at radius 2 is 2.05 bits per heavy atom. The highest BCUT2D eigenvalue weighted by Crippen LogP contribution is 2.45. The molecule has 0 amide bonds. The lowest BCUT2D eigenvalue weighted by molar-refractivity contribution is 0.147. The van der Waals surface area contributed by atoms with Crippen LogP contribution < -0.4 is 0 Å². The average Bonchev–Trinajstić information content (AvgIpc) is 2.33. The second-order valence-electron chi connectivity index (χ2n) is 6.94. The highest BCUT2D eigenvalue weighted by Gasteiger charge is 2.38. The second-order valence-corrected chi connectivity index (χ2v) is 8.53. The molecule has 1 aliphatic rings. The molecule has 0 aromatic heterocycles. The largest absolute Gasteiger partial charge is 0.207 e. The van der Waals surface area contributed by atoms with Crippen LogP contribution in [0.5, 0.6) is 0 Å². The maximum Gasteiger partial charge on any atom is 0.123 e. The maximum atomic E-state index is 13.4. The summed E-state index contributed by atoms with van der Waals surface area (Å²) >= 11 is 10.1. The van der Waals surface area contributed by atoms with Crippen LogP contribution in [0.15, 0.2) is 18.2 Å². The number of hydrogen-bond acceptors (Lipinski definition) is 0. The lowest BCUT2D eigenvalue weighted by atomic mass is 9.66. The SMILES string of the molecule is CC1CCC(C(C)(C)Cc2cc(F)ccc2Cl)C(Br)C1. The van der Waals surface area contributed by atoms with Crippen LogP contribution in [-0.4, -0.2) is 4.83 Å². The zero-order valence-electron chi connectivity index (χ0n) is 12.4. The monoisotopic (exact) mass is 360 g/mol. The molecule has 0 heterocycles. The van der Waals surface area contributed by atoms with Crippen molar-refractivity contribution in [3.8, 4) is 0 Å². The van der Waals surface area contributed by atoms with Crippen LogP contribution in [0.4, 0.5) is 4.39 Å². The fourth-order valence-electron chi connectivity index (χ4n) is 3.49. The Bertz CT molecular complexity index is 472. The van der Waals surface area contributed by atoms with E-state index in [1.807, 2.05) is 0 Å². The molecule has 0 nitrogen and oxygen atoms in total. The molecule has 1 aliphatic carbocycles. The summed E-state index contributed by atoms with van der Waals surface area (Å²) in [5, 5.41) is 0.676. The second kappa shape index (κ2) is 6.36. The normalized spacial score (nSPS) is 27.6. The third-order valence-electron chi connectivity index (χ3n) is 4.69. The van der Waals surface area contributed by atoms with E-state index in [2.05, 4.69) is 36.7 Å². The summed E-state index contributed by atoms with van der Waals surface area (Å²) in [5.41, 5.74) is 1.04. The summed E-state index contributed by atoms with van der Waals surface area (Å²) in [7, 11) is 0. The number of benzene rings is 1. The molecule has 3 atom stereocenters. The Balaban J connectivity index is 2.16. The molecular formula is C17H23BrClF. The van der Waals surface area contributed by atoms with E-state index in [0.717, 1.165) is 17.9 Å². The topological polar surface area (TPSA) is 0 Å². The van der Waals surface area contributed by atoms with E-state index >= 15 is 0 Å². The van der Waals surface area contributed by atoms with Gasteiger partial charge in [-0.2, -0.15) is 0 Å². The van der Waals surface area contributed by atoms with Gasteiger partial charge in [0.15, 0.2) is 0 Å². The summed E-state index contributed by atoms with van der Waals surface area (Å²) in [5.74, 6) is 1.20. The highest BCUT2D eigenvalue weighted by atomic mass is 79.9. The van der Waals surface area contributed by atoms with Gasteiger partial charge in [0.05, 0.1) is 0 Å². The molecule has 0 aliphatic heterocycles. The Hall–Kier alpha value is -0.0800. The standard InChI is InChI=1S/C17H23BrClF/c1-11-4-6-14(15(18)8-11)17(2,3)10-12-9-13(20)5-7-16(12)19/h5,7,9,11,14-15H,4,6,8,10H2,1-3H3. The van der Waals surface area contributed by atoms with Crippen molar-refractivity contribution in [3.05, 3.63) is 34.6 Å². The Morgan fingerprint density at radius 3 is 2.70 bits per heavy atom. The summed E-state index contributed by atoms with van der Waals surface area (Å²) in [6, 6.07) is 4.67. The highest BCUT2D eigenvalue weighted by molar-refractivity contribution is 9.09. The van der Waals surface area contributed by atoms with Gasteiger partial charge in [-0.1, -0.05) is 54.7 Å². The van der Waals surface area contributed by atoms with Crippen molar-refractivity contribution >= 4 is 27.5 Å². The first kappa shape index (κ1) is 16.3. The third kappa shape index (κ3) is 3.76. The average molecular weight is 362 g/mol. The zero-order valence-corrected chi connectivity index (χ0v) is 14.8. The Kier molecular flexibility index (Phi) is 5.18. The van der Waals surface area contributed by atoms with Gasteiger partial charge in [0, 0.05) is 9.85 Å². The minimum absolute atomic E-state index is 0.117. The van der Waals surface area contributed by atoms with Crippen molar-refractivity contribution in [1.29, 1.82) is 0 Å². The lowest BCUT2D eigenvalue weighted by Crippen LogP contribution is -2.37. The van der Waals surface area contributed by atoms with E-state index in [0.29, 0.717) is 15.8 Å². The van der Waals surface area contributed by atoms with E-state index in [4.69, 9.17) is 11.6 Å². The molecule has 0 saturated heterocycles. The first-order valence-corrected chi connectivity index (χ1v) is 8.67. The fraction of sp³-hybridized carbons (Fsp3) is 0.647. The van der Waals surface area contributed by atoms with Crippen LogP contribution in [-0.2, 0) is 6.42 Å². The van der Waals surface area contributed by atoms with Crippen molar-refractivity contribution < 1.29 is 4.39 Å². The molecule has 112 valence electrons. The van der Waals surface area contributed by atoms with E-state index in [1.54, 1.807) is 12.1 Å². The van der Waals surface area contributed by atoms with Crippen LogP contribution in [0.2, 0.25) is 5.02 Å². The fourth-order valence-corrected chi connectivity index (χ4v) is 5.29. The van der Waals surface area contributed by atoms with Gasteiger partial charge in [0.25, 0.3) is 0 Å². The molecule has 1 aromatic rings. The minimum Gasteiger partial charge on any atom is -0.207 e. The minimum atomic E-state index is -0.201. The first-order chi connectivity index (χ1) is 9.29. The molecule has 1 saturated carbocycles. The Labute approximate surface area is 135 Å². The first-order valence-electron chi connectivity index (χ1n) is 7.37. The molecule has 3 heteroatoms. The quantitative estimate of drug-likeness (QED) is 0.558. The Morgan fingerprint density at radius 1 is 1.35 bits per heavy atom. The molecule has 0 radical (unpaired) electrons. The predicted octanol–water partition coefficient (Wildman–Crippen LogP) is 6.25. The van der Waals surface area contributed by atoms with E-state index in [1.165, 1.54) is 25.3 Å². The van der Waals surface area contributed by atoms with Crippen LogP contribution in [0, 0.1) is 23.1 Å². The molecular weight excluding hydrogens is 339 g/mol. The van der Waals surface area contributed by atoms with Gasteiger partial charge in [-0.3, -0.25) is 0 Å². The van der Waals surface area contributed by atoms with Gasteiger partial charge in [0.2, 0.25) is 0 Å². The molecule has 0 bridgehead atoms. The van der Waals surface area contributed by atoms with Crippen molar-refractivity contribution in [2.45, 2.75) is 51.3 Å². The summed E-state index contributed by atoms with van der Waals surface area (Å²) in [6.07, 6.45) is 4.57. The van der Waals surface area contributed by atoms with Crippen LogP contribution in [0.1, 0.15) is 45.6 Å². The summed E-state index contributed by atoms with van der Waals surface area (Å²) in [4.78, 5) is 0.550. The predicted molar refractivity (Wildman–Crippen MR) is 88.1 cm³/mol. The summed E-state index contributed by atoms with van der Waals surface area (Å²) < 4.78 is 13.4. The van der Waals surface area contributed by atoms with Gasteiger partial charge in [-0.25, -0.2) is 4.39 Å².